The lowest BCUT2D eigenvalue weighted by molar-refractivity contribution is 0.191. The topological polar surface area (TPSA) is 75.4 Å². The van der Waals surface area contributed by atoms with E-state index in [9.17, 15) is 8.42 Å². The maximum absolute atomic E-state index is 12.9. The van der Waals surface area contributed by atoms with Crippen molar-refractivity contribution >= 4 is 10.0 Å². The normalized spacial score (nSPS) is 16.5. The molecule has 0 amide bonds. The maximum atomic E-state index is 12.9. The van der Waals surface area contributed by atoms with Crippen molar-refractivity contribution in [1.82, 2.24) is 14.8 Å². The van der Waals surface area contributed by atoms with Gasteiger partial charge < -0.3 is 9.42 Å². The molecule has 2 heterocycles. The number of likely N-dealkylation sites (tertiary alicyclic amines) is 1. The first-order valence-corrected chi connectivity index (χ1v) is 11.7. The van der Waals surface area contributed by atoms with E-state index in [4.69, 9.17) is 4.52 Å². The summed E-state index contributed by atoms with van der Waals surface area (Å²) >= 11 is 0. The van der Waals surface area contributed by atoms with Crippen LogP contribution in [0, 0.1) is 12.8 Å². The number of benzene rings is 1. The molecule has 1 N–H and O–H groups in total. The predicted octanol–water partition coefficient (Wildman–Crippen LogP) is 3.61. The van der Waals surface area contributed by atoms with Crippen molar-refractivity contribution in [3.8, 4) is 11.3 Å². The van der Waals surface area contributed by atoms with Crippen LogP contribution in [0.25, 0.3) is 11.3 Å². The minimum atomic E-state index is -3.57. The van der Waals surface area contributed by atoms with Crippen molar-refractivity contribution < 1.29 is 12.9 Å². The van der Waals surface area contributed by atoms with Gasteiger partial charge in [0.2, 0.25) is 10.0 Å². The minimum absolute atomic E-state index is 0.327. The Hall–Kier alpha value is -1.70. The number of piperidine rings is 1. The van der Waals surface area contributed by atoms with Crippen molar-refractivity contribution in [2.45, 2.75) is 51.3 Å². The molecular formula is C21H31N3O3S. The Morgan fingerprint density at radius 1 is 1.25 bits per heavy atom. The average Bonchev–Trinajstić information content (AvgIpc) is 3.12. The fraction of sp³-hybridized carbons (Fsp3) is 0.571. The van der Waals surface area contributed by atoms with Crippen molar-refractivity contribution in [2.75, 3.05) is 26.2 Å². The lowest BCUT2D eigenvalue weighted by atomic mass is 9.99. The van der Waals surface area contributed by atoms with Gasteiger partial charge in [0, 0.05) is 18.2 Å². The molecule has 6 nitrogen and oxygen atoms in total. The standard InChI is InChI=1S/C21H31N3O3S/c1-4-18-6-7-19(20-14-17(3)23-27-20)15-21(18)28(25,26)22-10-5-11-24-12-8-16(2)9-13-24/h6-7,14-16,22H,4-5,8-13H2,1-3H3. The van der Waals surface area contributed by atoms with E-state index >= 15 is 0 Å². The van der Waals surface area contributed by atoms with Crippen LogP contribution < -0.4 is 4.72 Å². The number of sulfonamides is 1. The van der Waals surface area contributed by atoms with E-state index in [1.165, 1.54) is 12.8 Å². The third kappa shape index (κ3) is 5.21. The molecule has 1 aromatic heterocycles. The number of hydrogen-bond acceptors (Lipinski definition) is 5. The van der Waals surface area contributed by atoms with Crippen LogP contribution in [0.3, 0.4) is 0 Å². The number of aryl methyl sites for hydroxylation is 2. The number of nitrogens with one attached hydrogen (secondary N) is 1. The van der Waals surface area contributed by atoms with Crippen molar-refractivity contribution in [3.63, 3.8) is 0 Å². The van der Waals surface area contributed by atoms with E-state index in [-0.39, 0.29) is 0 Å². The zero-order valence-electron chi connectivity index (χ0n) is 17.1. The van der Waals surface area contributed by atoms with Gasteiger partial charge in [-0.15, -0.1) is 0 Å². The van der Waals surface area contributed by atoms with E-state index < -0.39 is 10.0 Å². The molecular weight excluding hydrogens is 374 g/mol. The zero-order chi connectivity index (χ0) is 20.1. The first-order valence-electron chi connectivity index (χ1n) is 10.2. The quantitative estimate of drug-likeness (QED) is 0.679. The Kier molecular flexibility index (Phi) is 6.91. The monoisotopic (exact) mass is 405 g/mol. The van der Waals surface area contributed by atoms with Crippen LogP contribution >= 0.6 is 0 Å². The van der Waals surface area contributed by atoms with E-state index in [0.717, 1.165) is 48.8 Å². The van der Waals surface area contributed by atoms with Crippen LogP contribution in [-0.2, 0) is 16.4 Å². The summed E-state index contributed by atoms with van der Waals surface area (Å²) in [6.07, 6.45) is 3.94. The van der Waals surface area contributed by atoms with Crippen LogP contribution in [0.15, 0.2) is 33.7 Å². The molecule has 1 fully saturated rings. The molecule has 0 aliphatic carbocycles. The Morgan fingerprint density at radius 3 is 2.64 bits per heavy atom. The van der Waals surface area contributed by atoms with Crippen LogP contribution in [0.1, 0.15) is 44.4 Å². The van der Waals surface area contributed by atoms with Crippen molar-refractivity contribution in [2.24, 2.45) is 5.92 Å². The highest BCUT2D eigenvalue weighted by Crippen LogP contribution is 2.26. The molecule has 1 aromatic carbocycles. The van der Waals surface area contributed by atoms with Crippen molar-refractivity contribution in [3.05, 3.63) is 35.5 Å². The average molecular weight is 406 g/mol. The third-order valence-corrected chi connectivity index (χ3v) is 7.01. The van der Waals surface area contributed by atoms with E-state index in [2.05, 4.69) is 21.7 Å². The fourth-order valence-electron chi connectivity index (χ4n) is 3.62. The van der Waals surface area contributed by atoms with Gasteiger partial charge in [0.1, 0.15) is 0 Å². The largest absolute Gasteiger partial charge is 0.356 e. The summed E-state index contributed by atoms with van der Waals surface area (Å²) in [5, 5.41) is 3.89. The molecule has 2 aromatic rings. The number of hydrogen-bond donors (Lipinski definition) is 1. The van der Waals surface area contributed by atoms with Crippen LogP contribution in [0.5, 0.6) is 0 Å². The highest BCUT2D eigenvalue weighted by atomic mass is 32.2. The molecule has 0 spiro atoms. The molecule has 0 bridgehead atoms. The second kappa shape index (κ2) is 9.20. The zero-order valence-corrected chi connectivity index (χ0v) is 17.9. The second-order valence-corrected chi connectivity index (χ2v) is 9.52. The maximum Gasteiger partial charge on any atom is 0.240 e. The molecule has 1 aliphatic heterocycles. The highest BCUT2D eigenvalue weighted by molar-refractivity contribution is 7.89. The molecule has 0 saturated carbocycles. The van der Waals surface area contributed by atoms with E-state index in [0.29, 0.717) is 23.6 Å². The van der Waals surface area contributed by atoms with Gasteiger partial charge in [0.25, 0.3) is 0 Å². The lowest BCUT2D eigenvalue weighted by Gasteiger charge is -2.30. The minimum Gasteiger partial charge on any atom is -0.356 e. The Morgan fingerprint density at radius 2 is 2.00 bits per heavy atom. The van der Waals surface area contributed by atoms with Gasteiger partial charge >= 0.3 is 0 Å². The Bertz CT molecular complexity index is 884. The van der Waals surface area contributed by atoms with Crippen molar-refractivity contribution in [1.29, 1.82) is 0 Å². The van der Waals surface area contributed by atoms with Crippen LogP contribution in [0.2, 0.25) is 0 Å². The molecule has 7 heteroatoms. The third-order valence-electron chi connectivity index (χ3n) is 5.47. The molecule has 1 saturated heterocycles. The smallest absolute Gasteiger partial charge is 0.240 e. The van der Waals surface area contributed by atoms with Crippen LogP contribution in [0.4, 0.5) is 0 Å². The van der Waals surface area contributed by atoms with E-state index in [1.807, 2.05) is 32.0 Å². The first-order chi connectivity index (χ1) is 13.4. The first kappa shape index (κ1) is 21.0. The molecule has 28 heavy (non-hydrogen) atoms. The summed E-state index contributed by atoms with van der Waals surface area (Å²) in [6, 6.07) is 7.24. The van der Waals surface area contributed by atoms with Gasteiger partial charge in [-0.25, -0.2) is 13.1 Å². The molecule has 154 valence electrons. The highest BCUT2D eigenvalue weighted by Gasteiger charge is 2.20. The summed E-state index contributed by atoms with van der Waals surface area (Å²) in [6.45, 7) is 9.72. The summed E-state index contributed by atoms with van der Waals surface area (Å²) in [5.74, 6) is 1.39. The summed E-state index contributed by atoms with van der Waals surface area (Å²) in [4.78, 5) is 2.76. The lowest BCUT2D eigenvalue weighted by Crippen LogP contribution is -2.35. The predicted molar refractivity (Wildman–Crippen MR) is 111 cm³/mol. The summed E-state index contributed by atoms with van der Waals surface area (Å²) in [7, 11) is -3.57. The number of nitrogens with zero attached hydrogens (tertiary/aromatic N) is 2. The Balaban J connectivity index is 1.65. The van der Waals surface area contributed by atoms with Crippen LogP contribution in [-0.4, -0.2) is 44.7 Å². The fourth-order valence-corrected chi connectivity index (χ4v) is 5.03. The van der Waals surface area contributed by atoms with Gasteiger partial charge in [-0.1, -0.05) is 31.1 Å². The SMILES string of the molecule is CCc1ccc(-c2cc(C)no2)cc1S(=O)(=O)NCCCN1CCC(C)CC1. The number of rotatable bonds is 8. The molecule has 1 aliphatic rings. The van der Waals surface area contributed by atoms with E-state index in [1.54, 1.807) is 6.07 Å². The van der Waals surface area contributed by atoms with Gasteiger partial charge in [0.05, 0.1) is 10.6 Å². The molecule has 0 radical (unpaired) electrons. The summed E-state index contributed by atoms with van der Waals surface area (Å²) in [5.41, 5.74) is 2.29. The van der Waals surface area contributed by atoms with Gasteiger partial charge in [-0.05, 0) is 69.8 Å². The molecule has 0 atom stereocenters. The molecule has 3 rings (SSSR count). The van der Waals surface area contributed by atoms with Gasteiger partial charge in [0.15, 0.2) is 5.76 Å². The summed E-state index contributed by atoms with van der Waals surface area (Å²) < 4.78 is 33.9. The van der Waals surface area contributed by atoms with Gasteiger partial charge in [-0.2, -0.15) is 0 Å². The number of aromatic nitrogens is 1. The van der Waals surface area contributed by atoms with Gasteiger partial charge in [-0.3, -0.25) is 0 Å². The Labute approximate surface area is 168 Å². The molecule has 0 unspecified atom stereocenters. The second-order valence-electron chi connectivity index (χ2n) is 7.78.